The van der Waals surface area contributed by atoms with E-state index in [1.165, 1.54) is 29.0 Å². The van der Waals surface area contributed by atoms with Gasteiger partial charge in [0.1, 0.15) is 0 Å². The van der Waals surface area contributed by atoms with Crippen LogP contribution >= 0.6 is 11.3 Å². The molecule has 1 amide bonds. The highest BCUT2D eigenvalue weighted by Crippen LogP contribution is 2.26. The zero-order valence-electron chi connectivity index (χ0n) is 14.2. The highest BCUT2D eigenvalue weighted by molar-refractivity contribution is 7.91. The van der Waals surface area contributed by atoms with Crippen LogP contribution in [0, 0.1) is 0 Å². The predicted molar refractivity (Wildman–Crippen MR) is 104 cm³/mol. The fraction of sp³-hybridized carbons (Fsp3) is 0.222. The Morgan fingerprint density at radius 3 is 2.65 bits per heavy atom. The molecule has 0 saturated heterocycles. The van der Waals surface area contributed by atoms with E-state index in [0.717, 1.165) is 16.6 Å². The standard InChI is InChI=1S/C18H19N3O3S2/c1-2-13-8-9-15-16(12-13)25-18(19-15)21-20-17(22)10-11-26(23,24)14-6-4-3-5-7-14/h3-9,12H,2,10-11H2,1H3,(H,19,21)(H,20,22). The van der Waals surface area contributed by atoms with Crippen molar-refractivity contribution in [3.05, 3.63) is 54.1 Å². The summed E-state index contributed by atoms with van der Waals surface area (Å²) in [5.74, 6) is -0.650. The molecule has 2 aromatic carbocycles. The summed E-state index contributed by atoms with van der Waals surface area (Å²) >= 11 is 1.43. The second-order valence-corrected chi connectivity index (χ2v) is 8.87. The fourth-order valence-corrected chi connectivity index (χ4v) is 4.55. The number of nitrogens with zero attached hydrogens (tertiary/aromatic N) is 1. The highest BCUT2D eigenvalue weighted by atomic mass is 32.2. The average Bonchev–Trinajstić information content (AvgIpc) is 3.07. The normalized spacial score (nSPS) is 11.4. The van der Waals surface area contributed by atoms with Crippen LogP contribution < -0.4 is 10.9 Å². The van der Waals surface area contributed by atoms with Crippen LogP contribution in [-0.4, -0.2) is 25.1 Å². The van der Waals surface area contributed by atoms with Gasteiger partial charge in [0, 0.05) is 6.42 Å². The Morgan fingerprint density at radius 1 is 1.15 bits per heavy atom. The summed E-state index contributed by atoms with van der Waals surface area (Å²) in [5, 5.41) is 0.563. The maximum absolute atomic E-state index is 12.2. The Morgan fingerprint density at radius 2 is 1.92 bits per heavy atom. The van der Waals surface area contributed by atoms with E-state index in [4.69, 9.17) is 0 Å². The molecule has 3 aromatic rings. The number of anilines is 1. The van der Waals surface area contributed by atoms with Crippen LogP contribution in [0.5, 0.6) is 0 Å². The van der Waals surface area contributed by atoms with Crippen molar-refractivity contribution in [2.24, 2.45) is 0 Å². The van der Waals surface area contributed by atoms with Crippen molar-refractivity contribution in [1.82, 2.24) is 10.4 Å². The lowest BCUT2D eigenvalue weighted by molar-refractivity contribution is -0.120. The Bertz CT molecular complexity index is 1010. The minimum absolute atomic E-state index is 0.130. The summed E-state index contributed by atoms with van der Waals surface area (Å²) in [6.07, 6.45) is 0.818. The molecule has 26 heavy (non-hydrogen) atoms. The molecule has 0 spiro atoms. The molecule has 0 saturated carbocycles. The van der Waals surface area contributed by atoms with Crippen molar-refractivity contribution < 1.29 is 13.2 Å². The molecule has 6 nitrogen and oxygen atoms in total. The zero-order valence-corrected chi connectivity index (χ0v) is 15.9. The molecule has 0 aliphatic rings. The minimum atomic E-state index is -3.47. The second kappa shape index (κ2) is 7.84. The maximum atomic E-state index is 12.2. The van der Waals surface area contributed by atoms with Gasteiger partial charge in [-0.25, -0.2) is 13.4 Å². The van der Waals surface area contributed by atoms with Gasteiger partial charge < -0.3 is 0 Å². The highest BCUT2D eigenvalue weighted by Gasteiger charge is 2.16. The number of rotatable bonds is 7. The number of carbonyl (C=O) groups is 1. The molecule has 2 N–H and O–H groups in total. The molecule has 0 bridgehead atoms. The summed E-state index contributed by atoms with van der Waals surface area (Å²) in [6.45, 7) is 2.09. The van der Waals surface area contributed by atoms with Crippen molar-refractivity contribution in [1.29, 1.82) is 0 Å². The van der Waals surface area contributed by atoms with E-state index >= 15 is 0 Å². The molecule has 136 valence electrons. The van der Waals surface area contributed by atoms with Crippen LogP contribution in [0.1, 0.15) is 18.9 Å². The quantitative estimate of drug-likeness (QED) is 0.606. The first-order valence-corrected chi connectivity index (χ1v) is 10.7. The van der Waals surface area contributed by atoms with Gasteiger partial charge in [-0.2, -0.15) is 0 Å². The first kappa shape index (κ1) is 18.3. The molecule has 8 heteroatoms. The van der Waals surface area contributed by atoms with Gasteiger partial charge >= 0.3 is 0 Å². The number of thiazole rings is 1. The molecule has 3 rings (SSSR count). The number of amides is 1. The van der Waals surface area contributed by atoms with E-state index in [1.807, 2.05) is 12.1 Å². The number of benzene rings is 2. The fourth-order valence-electron chi connectivity index (χ4n) is 2.40. The van der Waals surface area contributed by atoms with Gasteiger partial charge in [-0.15, -0.1) is 0 Å². The van der Waals surface area contributed by atoms with Gasteiger partial charge in [0.25, 0.3) is 0 Å². The number of fused-ring (bicyclic) bond motifs is 1. The Hall–Kier alpha value is -2.45. The third-order valence-electron chi connectivity index (χ3n) is 3.87. The molecule has 0 aliphatic heterocycles. The largest absolute Gasteiger partial charge is 0.273 e. The molecule has 1 aromatic heterocycles. The Kier molecular flexibility index (Phi) is 5.53. The van der Waals surface area contributed by atoms with Crippen molar-refractivity contribution >= 4 is 42.4 Å². The summed E-state index contributed by atoms with van der Waals surface area (Å²) in [6, 6.07) is 14.2. The molecule has 0 radical (unpaired) electrons. The van der Waals surface area contributed by atoms with Crippen LogP contribution in [-0.2, 0) is 21.1 Å². The third-order valence-corrected chi connectivity index (χ3v) is 6.54. The summed E-state index contributed by atoms with van der Waals surface area (Å²) in [5.41, 5.74) is 7.35. The molecule has 1 heterocycles. The lowest BCUT2D eigenvalue weighted by Crippen LogP contribution is -2.30. The average molecular weight is 390 g/mol. The first-order valence-electron chi connectivity index (χ1n) is 8.20. The van der Waals surface area contributed by atoms with E-state index in [9.17, 15) is 13.2 Å². The zero-order chi connectivity index (χ0) is 18.6. The molecule has 0 atom stereocenters. The van der Waals surface area contributed by atoms with Crippen molar-refractivity contribution in [2.75, 3.05) is 11.2 Å². The van der Waals surface area contributed by atoms with Gasteiger partial charge in [-0.3, -0.25) is 15.6 Å². The first-order chi connectivity index (χ1) is 12.5. The number of aryl methyl sites for hydroxylation is 1. The third kappa shape index (κ3) is 4.39. The van der Waals surface area contributed by atoms with Crippen LogP contribution in [0.2, 0.25) is 0 Å². The number of carbonyl (C=O) groups excluding carboxylic acids is 1. The van der Waals surface area contributed by atoms with E-state index < -0.39 is 15.7 Å². The van der Waals surface area contributed by atoms with Crippen molar-refractivity contribution in [3.8, 4) is 0 Å². The summed E-state index contributed by atoms with van der Waals surface area (Å²) in [4.78, 5) is 16.6. The van der Waals surface area contributed by atoms with Gasteiger partial charge in [0.2, 0.25) is 11.0 Å². The Balaban J connectivity index is 1.56. The smallest absolute Gasteiger partial charge is 0.239 e. The molecular weight excluding hydrogens is 370 g/mol. The van der Waals surface area contributed by atoms with E-state index in [1.54, 1.807) is 18.2 Å². The number of aromatic nitrogens is 1. The topological polar surface area (TPSA) is 88.2 Å². The van der Waals surface area contributed by atoms with Gasteiger partial charge in [-0.05, 0) is 36.2 Å². The van der Waals surface area contributed by atoms with Crippen LogP contribution in [0.3, 0.4) is 0 Å². The number of hydrogen-bond donors (Lipinski definition) is 2. The Labute approximate surface area is 156 Å². The minimum Gasteiger partial charge on any atom is -0.273 e. The van der Waals surface area contributed by atoms with Gasteiger partial charge in [0.05, 0.1) is 20.9 Å². The molecular formula is C18H19N3O3S2. The van der Waals surface area contributed by atoms with E-state index in [0.29, 0.717) is 5.13 Å². The number of hydrazine groups is 1. The van der Waals surface area contributed by atoms with Crippen molar-refractivity contribution in [3.63, 3.8) is 0 Å². The van der Waals surface area contributed by atoms with Gasteiger partial charge in [-0.1, -0.05) is 42.5 Å². The second-order valence-electron chi connectivity index (χ2n) is 5.73. The molecule has 0 unspecified atom stereocenters. The molecule has 0 fully saturated rings. The summed E-state index contributed by atoms with van der Waals surface area (Å²) in [7, 11) is -3.47. The monoisotopic (exact) mass is 389 g/mol. The van der Waals surface area contributed by atoms with E-state index in [-0.39, 0.29) is 17.1 Å². The number of sulfone groups is 1. The summed E-state index contributed by atoms with van der Waals surface area (Å²) < 4.78 is 25.4. The number of hydrogen-bond acceptors (Lipinski definition) is 6. The lowest BCUT2D eigenvalue weighted by Gasteiger charge is -2.06. The molecule has 0 aliphatic carbocycles. The predicted octanol–water partition coefficient (Wildman–Crippen LogP) is 3.17. The van der Waals surface area contributed by atoms with Crippen LogP contribution in [0.25, 0.3) is 10.2 Å². The SMILES string of the molecule is CCc1ccc2nc(NNC(=O)CCS(=O)(=O)c3ccccc3)sc2c1. The number of nitrogens with one attached hydrogen (secondary N) is 2. The van der Waals surface area contributed by atoms with Gasteiger partial charge in [0.15, 0.2) is 9.84 Å². The van der Waals surface area contributed by atoms with E-state index in [2.05, 4.69) is 28.8 Å². The van der Waals surface area contributed by atoms with Crippen LogP contribution in [0.4, 0.5) is 5.13 Å². The van der Waals surface area contributed by atoms with Crippen LogP contribution in [0.15, 0.2) is 53.4 Å². The van der Waals surface area contributed by atoms with Crippen molar-refractivity contribution in [2.45, 2.75) is 24.7 Å². The lowest BCUT2D eigenvalue weighted by atomic mass is 10.2. The maximum Gasteiger partial charge on any atom is 0.239 e.